The van der Waals surface area contributed by atoms with E-state index in [2.05, 4.69) is 19.8 Å². The molecule has 7 nitrogen and oxygen atoms in total. The van der Waals surface area contributed by atoms with Crippen LogP contribution in [0.25, 0.3) is 0 Å². The van der Waals surface area contributed by atoms with Crippen LogP contribution < -0.4 is 0 Å². The molecule has 1 aromatic rings. The zero-order valence-electron chi connectivity index (χ0n) is 16.3. The highest BCUT2D eigenvalue weighted by Gasteiger charge is 2.37. The van der Waals surface area contributed by atoms with E-state index in [0.717, 1.165) is 70.5 Å². The van der Waals surface area contributed by atoms with Gasteiger partial charge in [0, 0.05) is 51.0 Å². The normalized spacial score (nSPS) is 24.8. The van der Waals surface area contributed by atoms with Crippen LogP contribution in [0.3, 0.4) is 0 Å². The van der Waals surface area contributed by atoms with Gasteiger partial charge in [-0.1, -0.05) is 0 Å². The van der Waals surface area contributed by atoms with Gasteiger partial charge in [0.25, 0.3) is 0 Å². The Morgan fingerprint density at radius 1 is 1.15 bits per heavy atom. The standard InChI is InChI=1S/C20H31N5O2/c1-23(14-18-21-8-9-22-18)19(26)16-3-2-10-25(13-16)17-6-11-24(12-7-17)20(27)15-4-5-15/h8-9,15-17H,2-7,10-14H2,1H3,(H,21,22)/t16-/m1/s1. The highest BCUT2D eigenvalue weighted by molar-refractivity contribution is 5.81. The van der Waals surface area contributed by atoms with E-state index < -0.39 is 0 Å². The van der Waals surface area contributed by atoms with E-state index in [1.165, 1.54) is 0 Å². The number of imidazole rings is 1. The minimum Gasteiger partial charge on any atom is -0.347 e. The third-order valence-corrected chi connectivity index (χ3v) is 6.34. The highest BCUT2D eigenvalue weighted by atomic mass is 16.2. The summed E-state index contributed by atoms with van der Waals surface area (Å²) in [6.45, 7) is 4.22. The minimum absolute atomic E-state index is 0.0739. The Bertz CT molecular complexity index is 649. The van der Waals surface area contributed by atoms with Gasteiger partial charge in [-0.25, -0.2) is 4.98 Å². The maximum atomic E-state index is 12.9. The third kappa shape index (κ3) is 4.34. The first kappa shape index (κ1) is 18.5. The Balaban J connectivity index is 1.27. The van der Waals surface area contributed by atoms with E-state index in [4.69, 9.17) is 0 Å². The van der Waals surface area contributed by atoms with E-state index >= 15 is 0 Å². The quantitative estimate of drug-likeness (QED) is 0.849. The monoisotopic (exact) mass is 373 g/mol. The number of hydrogen-bond acceptors (Lipinski definition) is 4. The van der Waals surface area contributed by atoms with Gasteiger partial charge in [-0.15, -0.1) is 0 Å². The van der Waals surface area contributed by atoms with Gasteiger partial charge in [-0.3, -0.25) is 14.5 Å². The second-order valence-corrected chi connectivity index (χ2v) is 8.39. The molecule has 0 aromatic carbocycles. The second kappa shape index (κ2) is 8.00. The number of nitrogens with one attached hydrogen (secondary N) is 1. The molecule has 148 valence electrons. The molecule has 3 aliphatic rings. The third-order valence-electron chi connectivity index (χ3n) is 6.34. The molecule has 4 rings (SSSR count). The zero-order chi connectivity index (χ0) is 18.8. The first-order chi connectivity index (χ1) is 13.1. The smallest absolute Gasteiger partial charge is 0.227 e. The topological polar surface area (TPSA) is 72.5 Å². The van der Waals surface area contributed by atoms with Crippen molar-refractivity contribution in [2.24, 2.45) is 11.8 Å². The number of carbonyl (C=O) groups is 2. The number of aromatic amines is 1. The fraction of sp³-hybridized carbons (Fsp3) is 0.750. The largest absolute Gasteiger partial charge is 0.347 e. The molecule has 7 heteroatoms. The molecule has 0 bridgehead atoms. The van der Waals surface area contributed by atoms with Crippen molar-refractivity contribution in [3.63, 3.8) is 0 Å². The number of hydrogen-bond donors (Lipinski definition) is 1. The maximum absolute atomic E-state index is 12.9. The lowest BCUT2D eigenvalue weighted by atomic mass is 9.93. The summed E-state index contributed by atoms with van der Waals surface area (Å²) < 4.78 is 0. The Hall–Kier alpha value is -1.89. The Labute approximate surface area is 161 Å². The number of amides is 2. The number of aromatic nitrogens is 2. The number of nitrogens with zero attached hydrogens (tertiary/aromatic N) is 4. The minimum atomic E-state index is 0.0739. The van der Waals surface area contributed by atoms with Crippen LogP contribution in [0.5, 0.6) is 0 Å². The van der Waals surface area contributed by atoms with Crippen molar-refractivity contribution in [1.82, 2.24) is 24.7 Å². The molecule has 0 radical (unpaired) electrons. The predicted octanol–water partition coefficient (Wildman–Crippen LogP) is 1.48. The molecule has 27 heavy (non-hydrogen) atoms. The molecule has 1 atom stereocenters. The van der Waals surface area contributed by atoms with Gasteiger partial charge in [-0.2, -0.15) is 0 Å². The van der Waals surface area contributed by atoms with Gasteiger partial charge in [0.2, 0.25) is 11.8 Å². The molecular formula is C20H31N5O2. The van der Waals surface area contributed by atoms with Crippen molar-refractivity contribution in [2.45, 2.75) is 51.1 Å². The lowest BCUT2D eigenvalue weighted by molar-refractivity contribution is -0.137. The molecule has 3 heterocycles. The van der Waals surface area contributed by atoms with Gasteiger partial charge < -0.3 is 14.8 Å². The maximum Gasteiger partial charge on any atom is 0.227 e. The van der Waals surface area contributed by atoms with E-state index in [1.54, 1.807) is 17.3 Å². The SMILES string of the molecule is CN(Cc1ncc[nH]1)C(=O)[C@@H]1CCCN(C2CCN(C(=O)C3CC3)CC2)C1. The van der Waals surface area contributed by atoms with Gasteiger partial charge in [-0.05, 0) is 45.1 Å². The van der Waals surface area contributed by atoms with Crippen LogP contribution >= 0.6 is 0 Å². The fourth-order valence-electron chi connectivity index (χ4n) is 4.58. The average molecular weight is 374 g/mol. The number of H-pyrrole nitrogens is 1. The summed E-state index contributed by atoms with van der Waals surface area (Å²) in [6.07, 6.45) is 9.80. The summed E-state index contributed by atoms with van der Waals surface area (Å²) in [5.74, 6) is 1.82. The van der Waals surface area contributed by atoms with Crippen molar-refractivity contribution < 1.29 is 9.59 Å². The van der Waals surface area contributed by atoms with E-state index in [0.29, 0.717) is 24.4 Å². The van der Waals surface area contributed by atoms with Crippen LogP contribution in [-0.2, 0) is 16.1 Å². The van der Waals surface area contributed by atoms with Gasteiger partial charge >= 0.3 is 0 Å². The van der Waals surface area contributed by atoms with Crippen LogP contribution in [0.4, 0.5) is 0 Å². The molecule has 1 aliphatic carbocycles. The first-order valence-corrected chi connectivity index (χ1v) is 10.4. The summed E-state index contributed by atoms with van der Waals surface area (Å²) in [6, 6.07) is 0.513. The molecule has 2 saturated heterocycles. The Morgan fingerprint density at radius 2 is 1.93 bits per heavy atom. The molecule has 2 aliphatic heterocycles. The van der Waals surface area contributed by atoms with E-state index in [-0.39, 0.29) is 11.8 Å². The van der Waals surface area contributed by atoms with Gasteiger partial charge in [0.05, 0.1) is 12.5 Å². The number of likely N-dealkylation sites (tertiary alicyclic amines) is 2. The molecule has 2 amide bonds. The van der Waals surface area contributed by atoms with Crippen LogP contribution in [0.1, 0.15) is 44.3 Å². The van der Waals surface area contributed by atoms with Crippen molar-refractivity contribution in [3.8, 4) is 0 Å². The van der Waals surface area contributed by atoms with Crippen molar-refractivity contribution in [3.05, 3.63) is 18.2 Å². The van der Waals surface area contributed by atoms with Crippen LogP contribution in [0.15, 0.2) is 12.4 Å². The molecule has 0 spiro atoms. The molecular weight excluding hydrogens is 342 g/mol. The molecule has 1 N–H and O–H groups in total. The van der Waals surface area contributed by atoms with E-state index in [1.807, 2.05) is 7.05 Å². The number of piperidine rings is 2. The summed E-state index contributed by atoms with van der Waals surface area (Å²) >= 11 is 0. The van der Waals surface area contributed by atoms with Crippen LogP contribution in [0, 0.1) is 11.8 Å². The summed E-state index contributed by atoms with van der Waals surface area (Å²) in [5, 5.41) is 0. The zero-order valence-corrected chi connectivity index (χ0v) is 16.3. The van der Waals surface area contributed by atoms with E-state index in [9.17, 15) is 9.59 Å². The van der Waals surface area contributed by atoms with Gasteiger partial charge in [0.1, 0.15) is 5.82 Å². The Morgan fingerprint density at radius 3 is 2.59 bits per heavy atom. The Kier molecular flexibility index (Phi) is 5.48. The van der Waals surface area contributed by atoms with Crippen LogP contribution in [0.2, 0.25) is 0 Å². The summed E-state index contributed by atoms with van der Waals surface area (Å²) in [5.41, 5.74) is 0. The van der Waals surface area contributed by atoms with Crippen molar-refractivity contribution in [1.29, 1.82) is 0 Å². The summed E-state index contributed by atoms with van der Waals surface area (Å²) in [7, 11) is 1.87. The van der Waals surface area contributed by atoms with Crippen molar-refractivity contribution >= 4 is 11.8 Å². The average Bonchev–Trinajstić information content (AvgIpc) is 3.44. The fourth-order valence-corrected chi connectivity index (χ4v) is 4.58. The summed E-state index contributed by atoms with van der Waals surface area (Å²) in [4.78, 5) is 38.8. The van der Waals surface area contributed by atoms with Crippen LogP contribution in [-0.4, -0.2) is 75.8 Å². The lowest BCUT2D eigenvalue weighted by Gasteiger charge is -2.42. The molecule has 1 saturated carbocycles. The predicted molar refractivity (Wildman–Crippen MR) is 102 cm³/mol. The molecule has 0 unspecified atom stereocenters. The number of rotatable bonds is 5. The number of carbonyl (C=O) groups excluding carboxylic acids is 2. The first-order valence-electron chi connectivity index (χ1n) is 10.4. The highest BCUT2D eigenvalue weighted by Crippen LogP contribution is 2.32. The molecule has 3 fully saturated rings. The lowest BCUT2D eigenvalue weighted by Crippen LogP contribution is -2.51. The second-order valence-electron chi connectivity index (χ2n) is 8.39. The van der Waals surface area contributed by atoms with Gasteiger partial charge in [0.15, 0.2) is 0 Å². The molecule has 1 aromatic heterocycles. The van der Waals surface area contributed by atoms with Crippen molar-refractivity contribution in [2.75, 3.05) is 33.2 Å².